The van der Waals surface area contributed by atoms with Crippen molar-refractivity contribution in [3.8, 4) is 5.75 Å². The van der Waals surface area contributed by atoms with E-state index in [2.05, 4.69) is 15.9 Å². The normalized spacial score (nSPS) is 12.1. The Kier molecular flexibility index (Phi) is 4.79. The Labute approximate surface area is 115 Å². The molecule has 0 fully saturated rings. The highest BCUT2D eigenvalue weighted by molar-refractivity contribution is 9.10. The maximum absolute atomic E-state index is 9.91. The van der Waals surface area contributed by atoms with Crippen molar-refractivity contribution in [3.63, 3.8) is 0 Å². The summed E-state index contributed by atoms with van der Waals surface area (Å²) in [7, 11) is 0. The second-order valence-corrected chi connectivity index (χ2v) is 4.94. The highest BCUT2D eigenvalue weighted by atomic mass is 79.9. The van der Waals surface area contributed by atoms with E-state index in [1.54, 1.807) is 0 Å². The Hall–Kier alpha value is -1.32. The molecule has 18 heavy (non-hydrogen) atoms. The molecule has 3 heteroatoms. The van der Waals surface area contributed by atoms with Crippen LogP contribution < -0.4 is 4.74 Å². The van der Waals surface area contributed by atoms with Crippen LogP contribution in [0.3, 0.4) is 0 Å². The van der Waals surface area contributed by atoms with Crippen molar-refractivity contribution in [1.82, 2.24) is 0 Å². The van der Waals surface area contributed by atoms with Crippen molar-refractivity contribution in [1.29, 1.82) is 0 Å². The van der Waals surface area contributed by atoms with E-state index in [1.807, 2.05) is 54.6 Å². The number of aliphatic hydroxyl groups excluding tert-OH is 1. The van der Waals surface area contributed by atoms with E-state index in [4.69, 9.17) is 4.74 Å². The van der Waals surface area contributed by atoms with Gasteiger partial charge < -0.3 is 9.84 Å². The van der Waals surface area contributed by atoms with Gasteiger partial charge in [-0.15, -0.1) is 0 Å². The van der Waals surface area contributed by atoms with Crippen LogP contribution in [0.25, 0.3) is 0 Å². The van der Waals surface area contributed by atoms with Gasteiger partial charge in [0.15, 0.2) is 0 Å². The zero-order chi connectivity index (χ0) is 12.8. The van der Waals surface area contributed by atoms with Crippen molar-refractivity contribution in [3.05, 3.63) is 64.6 Å². The van der Waals surface area contributed by atoms with Gasteiger partial charge in [-0.3, -0.25) is 0 Å². The van der Waals surface area contributed by atoms with Crippen molar-refractivity contribution < 1.29 is 9.84 Å². The standard InChI is InChI=1S/C15H15BrO2/c16-14-8-4-5-9-15(14)18-11-13(17)10-12-6-2-1-3-7-12/h1-9,13,17H,10-11H2. The van der Waals surface area contributed by atoms with E-state index in [0.29, 0.717) is 6.42 Å². The van der Waals surface area contributed by atoms with Gasteiger partial charge in [-0.05, 0) is 33.6 Å². The lowest BCUT2D eigenvalue weighted by Crippen LogP contribution is -2.20. The monoisotopic (exact) mass is 306 g/mol. The van der Waals surface area contributed by atoms with Crippen LogP contribution in [0.1, 0.15) is 5.56 Å². The average molecular weight is 307 g/mol. The van der Waals surface area contributed by atoms with Gasteiger partial charge in [0.1, 0.15) is 12.4 Å². The summed E-state index contributed by atoms with van der Waals surface area (Å²) < 4.78 is 6.47. The Bertz CT molecular complexity index is 485. The Balaban J connectivity index is 1.86. The fourth-order valence-corrected chi connectivity index (χ4v) is 2.09. The minimum atomic E-state index is -0.500. The van der Waals surface area contributed by atoms with E-state index >= 15 is 0 Å². The predicted molar refractivity (Wildman–Crippen MR) is 75.8 cm³/mol. The SMILES string of the molecule is OC(COc1ccccc1Br)Cc1ccccc1. The fraction of sp³-hybridized carbons (Fsp3) is 0.200. The minimum Gasteiger partial charge on any atom is -0.490 e. The largest absolute Gasteiger partial charge is 0.490 e. The zero-order valence-corrected chi connectivity index (χ0v) is 11.5. The first-order valence-corrected chi connectivity index (χ1v) is 6.64. The third-order valence-electron chi connectivity index (χ3n) is 2.58. The smallest absolute Gasteiger partial charge is 0.133 e. The van der Waals surface area contributed by atoms with E-state index in [1.165, 1.54) is 0 Å². The molecule has 0 spiro atoms. The summed E-state index contributed by atoms with van der Waals surface area (Å²) in [6.07, 6.45) is 0.102. The number of hydrogen-bond donors (Lipinski definition) is 1. The first-order valence-electron chi connectivity index (χ1n) is 5.85. The molecular weight excluding hydrogens is 292 g/mol. The molecule has 1 N–H and O–H groups in total. The summed E-state index contributed by atoms with van der Waals surface area (Å²) in [6, 6.07) is 17.5. The van der Waals surface area contributed by atoms with E-state index in [0.717, 1.165) is 15.8 Å². The van der Waals surface area contributed by atoms with Crippen LogP contribution in [0.15, 0.2) is 59.1 Å². The lowest BCUT2D eigenvalue weighted by molar-refractivity contribution is 0.107. The third kappa shape index (κ3) is 3.86. The summed E-state index contributed by atoms with van der Waals surface area (Å²) in [5.41, 5.74) is 1.11. The highest BCUT2D eigenvalue weighted by Gasteiger charge is 2.07. The minimum absolute atomic E-state index is 0.289. The summed E-state index contributed by atoms with van der Waals surface area (Å²) in [5.74, 6) is 0.754. The predicted octanol–water partition coefficient (Wildman–Crippen LogP) is 3.43. The van der Waals surface area contributed by atoms with Crippen molar-refractivity contribution >= 4 is 15.9 Å². The molecule has 0 aliphatic heterocycles. The molecule has 0 aliphatic rings. The molecule has 1 atom stereocenters. The van der Waals surface area contributed by atoms with Gasteiger partial charge in [0.05, 0.1) is 10.6 Å². The quantitative estimate of drug-likeness (QED) is 0.917. The molecule has 2 nitrogen and oxygen atoms in total. The molecule has 0 saturated carbocycles. The van der Waals surface area contributed by atoms with Gasteiger partial charge in [-0.25, -0.2) is 0 Å². The molecule has 0 amide bonds. The molecule has 0 aliphatic carbocycles. The van der Waals surface area contributed by atoms with Gasteiger partial charge in [0.25, 0.3) is 0 Å². The van der Waals surface area contributed by atoms with Crippen LogP contribution in [0, 0.1) is 0 Å². The van der Waals surface area contributed by atoms with Crippen molar-refractivity contribution in [2.24, 2.45) is 0 Å². The van der Waals surface area contributed by atoms with Crippen molar-refractivity contribution in [2.75, 3.05) is 6.61 Å². The summed E-state index contributed by atoms with van der Waals surface area (Å²) in [5, 5.41) is 9.91. The summed E-state index contributed by atoms with van der Waals surface area (Å²) in [6.45, 7) is 0.289. The van der Waals surface area contributed by atoms with Gasteiger partial charge in [-0.2, -0.15) is 0 Å². The lowest BCUT2D eigenvalue weighted by atomic mass is 10.1. The highest BCUT2D eigenvalue weighted by Crippen LogP contribution is 2.23. The van der Waals surface area contributed by atoms with Gasteiger partial charge in [0, 0.05) is 6.42 Å². The Morgan fingerprint density at radius 2 is 1.67 bits per heavy atom. The molecule has 2 rings (SSSR count). The molecular formula is C15H15BrO2. The van der Waals surface area contributed by atoms with Crippen LogP contribution in [-0.2, 0) is 6.42 Å². The molecule has 0 bridgehead atoms. The van der Waals surface area contributed by atoms with Crippen LogP contribution in [-0.4, -0.2) is 17.8 Å². The van der Waals surface area contributed by atoms with Crippen LogP contribution in [0.2, 0.25) is 0 Å². The Morgan fingerprint density at radius 3 is 2.39 bits per heavy atom. The molecule has 2 aromatic rings. The molecule has 0 radical (unpaired) electrons. The molecule has 1 unspecified atom stereocenters. The maximum atomic E-state index is 9.91. The molecule has 0 aromatic heterocycles. The first-order chi connectivity index (χ1) is 8.75. The Morgan fingerprint density at radius 1 is 1.00 bits per heavy atom. The third-order valence-corrected chi connectivity index (χ3v) is 3.24. The number of aliphatic hydroxyl groups is 1. The average Bonchev–Trinajstić information content (AvgIpc) is 2.39. The summed E-state index contributed by atoms with van der Waals surface area (Å²) >= 11 is 3.41. The number of para-hydroxylation sites is 1. The molecule has 94 valence electrons. The first kappa shape index (κ1) is 13.1. The van der Waals surface area contributed by atoms with Crippen LogP contribution in [0.4, 0.5) is 0 Å². The van der Waals surface area contributed by atoms with E-state index in [-0.39, 0.29) is 6.61 Å². The molecule has 2 aromatic carbocycles. The van der Waals surface area contributed by atoms with Gasteiger partial charge in [0.2, 0.25) is 0 Å². The number of ether oxygens (including phenoxy) is 1. The lowest BCUT2D eigenvalue weighted by Gasteiger charge is -2.13. The topological polar surface area (TPSA) is 29.5 Å². The molecule has 0 saturated heterocycles. The van der Waals surface area contributed by atoms with Crippen LogP contribution in [0.5, 0.6) is 5.75 Å². The number of hydrogen-bond acceptors (Lipinski definition) is 2. The van der Waals surface area contributed by atoms with Gasteiger partial charge in [-0.1, -0.05) is 42.5 Å². The second-order valence-electron chi connectivity index (χ2n) is 4.08. The van der Waals surface area contributed by atoms with Crippen molar-refractivity contribution in [2.45, 2.75) is 12.5 Å². The van der Waals surface area contributed by atoms with Crippen LogP contribution >= 0.6 is 15.9 Å². The maximum Gasteiger partial charge on any atom is 0.133 e. The second kappa shape index (κ2) is 6.57. The van der Waals surface area contributed by atoms with E-state index in [9.17, 15) is 5.11 Å². The number of benzene rings is 2. The van der Waals surface area contributed by atoms with E-state index < -0.39 is 6.10 Å². The summed E-state index contributed by atoms with van der Waals surface area (Å²) in [4.78, 5) is 0. The molecule has 0 heterocycles. The number of rotatable bonds is 5. The fourth-order valence-electron chi connectivity index (χ4n) is 1.69. The van der Waals surface area contributed by atoms with Gasteiger partial charge >= 0.3 is 0 Å². The zero-order valence-electron chi connectivity index (χ0n) is 9.92. The number of halogens is 1.